The lowest BCUT2D eigenvalue weighted by molar-refractivity contribution is 0.460. The molecule has 0 spiro atoms. The van der Waals surface area contributed by atoms with E-state index in [1.807, 2.05) is 19.2 Å². The van der Waals surface area contributed by atoms with Crippen molar-refractivity contribution in [3.8, 4) is 0 Å². The largest absolute Gasteiger partial charge is 0.372 e. The molecule has 2 heteroatoms. The standard InChI is InChI=1S/C15H22FN/c1-17(15-11-7-6-10-14(15)16)12-13-8-4-2-3-5-9-13/h6-7,10-11,13H,2-5,8-9,12H2,1H3. The summed E-state index contributed by atoms with van der Waals surface area (Å²) in [4.78, 5) is 2.07. The molecular formula is C15H22FN. The van der Waals surface area contributed by atoms with Gasteiger partial charge in [0, 0.05) is 13.6 Å². The van der Waals surface area contributed by atoms with Gasteiger partial charge in [0.25, 0.3) is 0 Å². The van der Waals surface area contributed by atoms with E-state index in [4.69, 9.17) is 0 Å². The van der Waals surface area contributed by atoms with Gasteiger partial charge in [-0.3, -0.25) is 0 Å². The Morgan fingerprint density at radius 3 is 2.41 bits per heavy atom. The van der Waals surface area contributed by atoms with E-state index >= 15 is 0 Å². The van der Waals surface area contributed by atoms with E-state index in [0.717, 1.165) is 18.2 Å². The summed E-state index contributed by atoms with van der Waals surface area (Å²) in [5.74, 6) is 0.630. The summed E-state index contributed by atoms with van der Waals surface area (Å²) in [6.45, 7) is 0.987. The first-order valence-electron chi connectivity index (χ1n) is 6.73. The van der Waals surface area contributed by atoms with Gasteiger partial charge < -0.3 is 4.90 Å². The molecular weight excluding hydrogens is 213 g/mol. The molecule has 0 amide bonds. The minimum Gasteiger partial charge on any atom is -0.372 e. The highest BCUT2D eigenvalue weighted by Crippen LogP contribution is 2.26. The van der Waals surface area contributed by atoms with Crippen molar-refractivity contribution >= 4 is 5.69 Å². The zero-order valence-electron chi connectivity index (χ0n) is 10.7. The molecule has 0 aromatic heterocycles. The lowest BCUT2D eigenvalue weighted by atomic mass is 10.00. The summed E-state index contributed by atoms with van der Waals surface area (Å²) in [5, 5.41) is 0. The molecule has 1 aliphatic carbocycles. The molecule has 94 valence electrons. The molecule has 1 aromatic rings. The minimum absolute atomic E-state index is 0.108. The first-order chi connectivity index (χ1) is 8.27. The third-order valence-electron chi connectivity index (χ3n) is 3.77. The Labute approximate surface area is 104 Å². The van der Waals surface area contributed by atoms with Crippen molar-refractivity contribution in [3.63, 3.8) is 0 Å². The molecule has 0 radical (unpaired) electrons. The zero-order chi connectivity index (χ0) is 12.1. The van der Waals surface area contributed by atoms with Gasteiger partial charge in [0.1, 0.15) is 5.82 Å². The van der Waals surface area contributed by atoms with Crippen molar-refractivity contribution in [1.82, 2.24) is 0 Å². The Hall–Kier alpha value is -1.05. The SMILES string of the molecule is CN(CC1CCCCCC1)c1ccccc1F. The Morgan fingerprint density at radius 1 is 1.12 bits per heavy atom. The predicted molar refractivity (Wildman–Crippen MR) is 70.9 cm³/mol. The van der Waals surface area contributed by atoms with E-state index in [1.54, 1.807) is 12.1 Å². The second-order valence-corrected chi connectivity index (χ2v) is 5.19. The van der Waals surface area contributed by atoms with Crippen molar-refractivity contribution in [3.05, 3.63) is 30.1 Å². The van der Waals surface area contributed by atoms with Gasteiger partial charge in [-0.2, -0.15) is 0 Å². The number of para-hydroxylation sites is 1. The Kier molecular flexibility index (Phi) is 4.41. The van der Waals surface area contributed by atoms with E-state index in [1.165, 1.54) is 38.5 Å². The number of benzene rings is 1. The van der Waals surface area contributed by atoms with Gasteiger partial charge in [0.2, 0.25) is 0 Å². The molecule has 1 nitrogen and oxygen atoms in total. The number of anilines is 1. The van der Waals surface area contributed by atoms with Crippen LogP contribution in [0.25, 0.3) is 0 Å². The molecule has 17 heavy (non-hydrogen) atoms. The van der Waals surface area contributed by atoms with Crippen LogP contribution in [0.5, 0.6) is 0 Å². The Balaban J connectivity index is 1.96. The fourth-order valence-electron chi connectivity index (χ4n) is 2.79. The van der Waals surface area contributed by atoms with E-state index < -0.39 is 0 Å². The molecule has 0 aliphatic heterocycles. The number of rotatable bonds is 3. The van der Waals surface area contributed by atoms with Crippen molar-refractivity contribution in [2.75, 3.05) is 18.5 Å². The summed E-state index contributed by atoms with van der Waals surface area (Å²) >= 11 is 0. The van der Waals surface area contributed by atoms with Crippen LogP contribution in [0.4, 0.5) is 10.1 Å². The smallest absolute Gasteiger partial charge is 0.146 e. The van der Waals surface area contributed by atoms with Gasteiger partial charge >= 0.3 is 0 Å². The monoisotopic (exact) mass is 235 g/mol. The van der Waals surface area contributed by atoms with E-state index in [9.17, 15) is 4.39 Å². The maximum atomic E-state index is 13.6. The second kappa shape index (κ2) is 6.04. The predicted octanol–water partition coefficient (Wildman–Crippen LogP) is 4.23. The number of hydrogen-bond acceptors (Lipinski definition) is 1. The van der Waals surface area contributed by atoms with Gasteiger partial charge in [0.15, 0.2) is 0 Å². The van der Waals surface area contributed by atoms with Gasteiger partial charge in [-0.05, 0) is 30.9 Å². The topological polar surface area (TPSA) is 3.24 Å². The maximum Gasteiger partial charge on any atom is 0.146 e. The van der Waals surface area contributed by atoms with Crippen LogP contribution < -0.4 is 4.90 Å². The van der Waals surface area contributed by atoms with Crippen molar-refractivity contribution in [2.45, 2.75) is 38.5 Å². The van der Waals surface area contributed by atoms with Crippen LogP contribution in [0.1, 0.15) is 38.5 Å². The van der Waals surface area contributed by atoms with Crippen molar-refractivity contribution in [2.24, 2.45) is 5.92 Å². The van der Waals surface area contributed by atoms with E-state index in [2.05, 4.69) is 4.90 Å². The Bertz CT molecular complexity index is 343. The Morgan fingerprint density at radius 2 is 1.76 bits per heavy atom. The number of nitrogens with zero attached hydrogens (tertiary/aromatic N) is 1. The first kappa shape index (κ1) is 12.4. The summed E-state index contributed by atoms with van der Waals surface area (Å²) in [7, 11) is 2.00. The minimum atomic E-state index is -0.108. The molecule has 2 rings (SSSR count). The van der Waals surface area contributed by atoms with Gasteiger partial charge in [-0.1, -0.05) is 37.8 Å². The van der Waals surface area contributed by atoms with Crippen LogP contribution in [-0.4, -0.2) is 13.6 Å². The van der Waals surface area contributed by atoms with Crippen molar-refractivity contribution in [1.29, 1.82) is 0 Å². The molecule has 1 aliphatic rings. The van der Waals surface area contributed by atoms with Gasteiger partial charge in [-0.25, -0.2) is 4.39 Å². The lowest BCUT2D eigenvalue weighted by Gasteiger charge is -2.25. The number of hydrogen-bond donors (Lipinski definition) is 0. The van der Waals surface area contributed by atoms with Crippen LogP contribution in [0, 0.1) is 11.7 Å². The van der Waals surface area contributed by atoms with Crippen molar-refractivity contribution < 1.29 is 4.39 Å². The second-order valence-electron chi connectivity index (χ2n) is 5.19. The van der Waals surface area contributed by atoms with Gasteiger partial charge in [-0.15, -0.1) is 0 Å². The molecule has 1 fully saturated rings. The molecule has 0 N–H and O–H groups in total. The summed E-state index contributed by atoms with van der Waals surface area (Å²) in [5.41, 5.74) is 0.733. The van der Waals surface area contributed by atoms with E-state index in [-0.39, 0.29) is 5.82 Å². The number of halogens is 1. The summed E-state index contributed by atoms with van der Waals surface area (Å²) in [6.07, 6.45) is 8.04. The highest BCUT2D eigenvalue weighted by molar-refractivity contribution is 5.46. The summed E-state index contributed by atoms with van der Waals surface area (Å²) < 4.78 is 13.6. The van der Waals surface area contributed by atoms with Crippen LogP contribution in [-0.2, 0) is 0 Å². The highest BCUT2D eigenvalue weighted by atomic mass is 19.1. The third kappa shape index (κ3) is 3.45. The van der Waals surface area contributed by atoms with E-state index in [0.29, 0.717) is 0 Å². The average molecular weight is 235 g/mol. The quantitative estimate of drug-likeness (QED) is 0.709. The maximum absolute atomic E-state index is 13.6. The lowest BCUT2D eigenvalue weighted by Crippen LogP contribution is -2.25. The normalized spacial score (nSPS) is 17.8. The average Bonchev–Trinajstić information content (AvgIpc) is 2.58. The molecule has 0 saturated heterocycles. The van der Waals surface area contributed by atoms with Gasteiger partial charge in [0.05, 0.1) is 5.69 Å². The highest BCUT2D eigenvalue weighted by Gasteiger charge is 2.15. The summed E-state index contributed by atoms with van der Waals surface area (Å²) in [6, 6.07) is 7.06. The third-order valence-corrected chi connectivity index (χ3v) is 3.77. The fraction of sp³-hybridized carbons (Fsp3) is 0.600. The molecule has 0 atom stereocenters. The molecule has 0 bridgehead atoms. The molecule has 1 saturated carbocycles. The van der Waals surface area contributed by atoms with Crippen LogP contribution in [0.2, 0.25) is 0 Å². The van der Waals surface area contributed by atoms with Crippen LogP contribution in [0.15, 0.2) is 24.3 Å². The zero-order valence-corrected chi connectivity index (χ0v) is 10.7. The molecule has 0 unspecified atom stereocenters. The fourth-order valence-corrected chi connectivity index (χ4v) is 2.79. The first-order valence-corrected chi connectivity index (χ1v) is 6.73. The molecule has 1 aromatic carbocycles. The van der Waals surface area contributed by atoms with Crippen LogP contribution >= 0.6 is 0 Å². The molecule has 0 heterocycles. The van der Waals surface area contributed by atoms with Crippen LogP contribution in [0.3, 0.4) is 0 Å².